The van der Waals surface area contributed by atoms with Crippen LogP contribution in [0.3, 0.4) is 0 Å². The number of β-lactam (4-membered cyclic amide) rings is 1. The third-order valence-corrected chi connectivity index (χ3v) is 8.36. The first kappa shape index (κ1) is 24.3. The quantitative estimate of drug-likeness (QED) is 0.311. The van der Waals surface area contributed by atoms with Crippen LogP contribution in [-0.4, -0.2) is 54.2 Å². The number of nitrogens with zero attached hydrogens (tertiary/aromatic N) is 1. The number of amides is 2. The second kappa shape index (κ2) is 10.1. The summed E-state index contributed by atoms with van der Waals surface area (Å²) in [4.78, 5) is 37.9. The average Bonchev–Trinajstić information content (AvgIpc) is 2.79. The van der Waals surface area contributed by atoms with Gasteiger partial charge in [0.2, 0.25) is 8.87 Å². The summed E-state index contributed by atoms with van der Waals surface area (Å²) in [5.41, 5.74) is -0.0115. The van der Waals surface area contributed by atoms with E-state index >= 15 is 0 Å². The molecule has 2 amide bonds. The molecule has 0 spiro atoms. The third-order valence-electron chi connectivity index (χ3n) is 4.65. The standard InChI is InChI=1S/C22H22N2O7S2/c1-14(2)19(22(27)28)24-20(26)18(23-17(25)13-31-15-9-5-3-6-10-15)21(24)32-33(29,30)16-11-7-4-8-12-16/h3-12,18,21H,13H2,1-2H3,(H,23,25)(H,27,28). The second-order valence-electron chi connectivity index (χ2n) is 7.26. The lowest BCUT2D eigenvalue weighted by Crippen LogP contribution is -2.70. The van der Waals surface area contributed by atoms with Crippen LogP contribution in [-0.2, 0) is 23.3 Å². The predicted molar refractivity (Wildman–Crippen MR) is 122 cm³/mol. The number of carboxylic acids is 1. The number of carbonyl (C=O) groups excluding carboxylic acids is 2. The molecule has 0 bridgehead atoms. The SMILES string of the molecule is CC(C)=C(C(=O)O)N1C(=O)C(NC(=O)COc2ccccc2)C1SS(=O)(=O)c1ccccc1. The third kappa shape index (κ3) is 5.55. The number of para-hydroxylation sites is 1. The Morgan fingerprint density at radius 1 is 1.06 bits per heavy atom. The number of nitrogens with one attached hydrogen (secondary N) is 1. The van der Waals surface area contributed by atoms with E-state index in [4.69, 9.17) is 4.74 Å². The van der Waals surface area contributed by atoms with Crippen molar-refractivity contribution >= 4 is 37.4 Å². The van der Waals surface area contributed by atoms with Crippen molar-refractivity contribution in [2.45, 2.75) is 30.2 Å². The monoisotopic (exact) mass is 490 g/mol. The Balaban J connectivity index is 1.82. The van der Waals surface area contributed by atoms with Crippen molar-refractivity contribution in [3.05, 3.63) is 71.9 Å². The first-order valence-corrected chi connectivity index (χ1v) is 12.7. The number of aliphatic carboxylic acids is 1. The lowest BCUT2D eigenvalue weighted by Gasteiger charge is -2.46. The number of hydrogen-bond donors (Lipinski definition) is 2. The summed E-state index contributed by atoms with van der Waals surface area (Å²) in [6.07, 6.45) is 0. The number of carbonyl (C=O) groups is 3. The molecular weight excluding hydrogens is 468 g/mol. The first-order chi connectivity index (χ1) is 15.6. The molecule has 0 aliphatic carbocycles. The topological polar surface area (TPSA) is 130 Å². The van der Waals surface area contributed by atoms with Crippen molar-refractivity contribution in [2.24, 2.45) is 0 Å². The van der Waals surface area contributed by atoms with Gasteiger partial charge in [0.25, 0.3) is 11.8 Å². The van der Waals surface area contributed by atoms with Gasteiger partial charge in [0.05, 0.1) is 4.90 Å². The van der Waals surface area contributed by atoms with Crippen molar-refractivity contribution in [2.75, 3.05) is 6.61 Å². The van der Waals surface area contributed by atoms with E-state index < -0.39 is 44.7 Å². The highest BCUT2D eigenvalue weighted by Gasteiger charge is 2.54. The van der Waals surface area contributed by atoms with Crippen molar-refractivity contribution in [3.63, 3.8) is 0 Å². The zero-order chi connectivity index (χ0) is 24.2. The van der Waals surface area contributed by atoms with Crippen LogP contribution in [0.4, 0.5) is 0 Å². The molecule has 2 atom stereocenters. The molecule has 3 rings (SSSR count). The van der Waals surface area contributed by atoms with Gasteiger partial charge in [-0.3, -0.25) is 14.5 Å². The zero-order valence-corrected chi connectivity index (χ0v) is 19.4. The molecule has 33 heavy (non-hydrogen) atoms. The maximum Gasteiger partial charge on any atom is 0.352 e. The lowest BCUT2D eigenvalue weighted by atomic mass is 10.0. The molecule has 2 aromatic rings. The molecule has 1 aliphatic rings. The van der Waals surface area contributed by atoms with Crippen molar-refractivity contribution in [1.29, 1.82) is 0 Å². The molecule has 174 valence electrons. The summed E-state index contributed by atoms with van der Waals surface area (Å²) >= 11 is 0. The number of carboxylic acid groups (broad SMARTS) is 1. The summed E-state index contributed by atoms with van der Waals surface area (Å²) in [7, 11) is -3.56. The van der Waals surface area contributed by atoms with Crippen molar-refractivity contribution < 1.29 is 32.6 Å². The van der Waals surface area contributed by atoms with Gasteiger partial charge in [-0.25, -0.2) is 13.2 Å². The number of ether oxygens (including phenoxy) is 1. The van der Waals surface area contributed by atoms with Crippen molar-refractivity contribution in [1.82, 2.24) is 10.2 Å². The summed E-state index contributed by atoms with van der Waals surface area (Å²) in [5.74, 6) is -2.29. The Labute approximate surface area is 194 Å². The zero-order valence-electron chi connectivity index (χ0n) is 17.8. The summed E-state index contributed by atoms with van der Waals surface area (Å²) in [5, 5.41) is 10.9. The highest BCUT2D eigenvalue weighted by Crippen LogP contribution is 2.40. The van der Waals surface area contributed by atoms with Gasteiger partial charge in [0.1, 0.15) is 22.9 Å². The van der Waals surface area contributed by atoms with Crippen LogP contribution in [0.2, 0.25) is 0 Å². The highest BCUT2D eigenvalue weighted by atomic mass is 33.1. The molecule has 2 aromatic carbocycles. The minimum atomic E-state index is -3.96. The summed E-state index contributed by atoms with van der Waals surface area (Å²) < 4.78 is 31.2. The predicted octanol–water partition coefficient (Wildman–Crippen LogP) is 2.22. The maximum atomic E-state index is 12.9. The minimum Gasteiger partial charge on any atom is -0.484 e. The second-order valence-corrected chi connectivity index (χ2v) is 11.2. The van der Waals surface area contributed by atoms with E-state index in [1.807, 2.05) is 0 Å². The molecule has 1 saturated heterocycles. The van der Waals surface area contributed by atoms with E-state index in [0.29, 0.717) is 22.1 Å². The van der Waals surface area contributed by atoms with Crippen LogP contribution in [0.25, 0.3) is 0 Å². The van der Waals surface area contributed by atoms with Crippen LogP contribution in [0.15, 0.2) is 76.8 Å². The molecule has 2 unspecified atom stereocenters. The number of likely N-dealkylation sites (tertiary alicyclic amines) is 1. The largest absolute Gasteiger partial charge is 0.484 e. The lowest BCUT2D eigenvalue weighted by molar-refractivity contribution is -0.150. The first-order valence-electron chi connectivity index (χ1n) is 9.81. The molecule has 1 heterocycles. The van der Waals surface area contributed by atoms with Gasteiger partial charge in [0.15, 0.2) is 6.61 Å². The Kier molecular flexibility index (Phi) is 7.44. The van der Waals surface area contributed by atoms with E-state index in [-0.39, 0.29) is 10.6 Å². The summed E-state index contributed by atoms with van der Waals surface area (Å²) in [6, 6.07) is 14.9. The van der Waals surface area contributed by atoms with Gasteiger partial charge in [-0.2, -0.15) is 0 Å². The molecule has 0 radical (unpaired) electrons. The van der Waals surface area contributed by atoms with Gasteiger partial charge in [-0.05, 0) is 43.7 Å². The van der Waals surface area contributed by atoms with Gasteiger partial charge in [-0.15, -0.1) is 0 Å². The molecular formula is C22H22N2O7S2. The fourth-order valence-electron chi connectivity index (χ4n) is 3.14. The fourth-order valence-corrected chi connectivity index (χ4v) is 6.63. The molecule has 0 aromatic heterocycles. The molecule has 9 nitrogen and oxygen atoms in total. The Bertz CT molecular complexity index is 1180. The number of hydrogen-bond acceptors (Lipinski definition) is 7. The molecule has 0 saturated carbocycles. The van der Waals surface area contributed by atoms with E-state index in [9.17, 15) is 27.9 Å². The summed E-state index contributed by atoms with van der Waals surface area (Å²) in [6.45, 7) is 2.61. The van der Waals surface area contributed by atoms with Crippen LogP contribution < -0.4 is 10.1 Å². The molecule has 11 heteroatoms. The maximum absolute atomic E-state index is 12.9. The molecule has 1 fully saturated rings. The minimum absolute atomic E-state index is 0.000798. The average molecular weight is 491 g/mol. The number of allylic oxidation sites excluding steroid dienone is 1. The Hall–Kier alpha value is -3.31. The van der Waals surface area contributed by atoms with Crippen molar-refractivity contribution in [3.8, 4) is 5.75 Å². The van der Waals surface area contributed by atoms with E-state index in [0.717, 1.165) is 4.90 Å². The fraction of sp³-hybridized carbons (Fsp3) is 0.227. The van der Waals surface area contributed by atoms with Crippen LogP contribution in [0, 0.1) is 0 Å². The molecule has 1 aliphatic heterocycles. The Morgan fingerprint density at radius 3 is 2.18 bits per heavy atom. The van der Waals surface area contributed by atoms with Crippen LogP contribution in [0.1, 0.15) is 13.8 Å². The van der Waals surface area contributed by atoms with Crippen LogP contribution >= 0.6 is 10.8 Å². The van der Waals surface area contributed by atoms with Gasteiger partial charge < -0.3 is 15.2 Å². The van der Waals surface area contributed by atoms with E-state index in [1.54, 1.807) is 48.5 Å². The molecule has 2 N–H and O–H groups in total. The van der Waals surface area contributed by atoms with E-state index in [1.165, 1.54) is 26.0 Å². The smallest absolute Gasteiger partial charge is 0.352 e. The van der Waals surface area contributed by atoms with Gasteiger partial charge >= 0.3 is 5.97 Å². The van der Waals surface area contributed by atoms with E-state index in [2.05, 4.69) is 5.32 Å². The normalized spacial score (nSPS) is 17.6. The van der Waals surface area contributed by atoms with Gasteiger partial charge in [0, 0.05) is 10.8 Å². The number of rotatable bonds is 9. The highest BCUT2D eigenvalue weighted by molar-refractivity contribution is 8.72. The van der Waals surface area contributed by atoms with Crippen LogP contribution in [0.5, 0.6) is 5.75 Å². The van der Waals surface area contributed by atoms with Gasteiger partial charge in [-0.1, -0.05) is 36.4 Å². The number of benzene rings is 2. The Morgan fingerprint density at radius 2 is 1.64 bits per heavy atom.